The fraction of sp³-hybridized carbons (Fsp3) is 0.522. The van der Waals surface area contributed by atoms with Crippen LogP contribution in [0, 0.1) is 0 Å². The molecular weight excluding hydrogens is 539 g/mol. The van der Waals surface area contributed by atoms with Crippen LogP contribution in [0.4, 0.5) is 0 Å². The minimum absolute atomic E-state index is 0. The van der Waals surface area contributed by atoms with Gasteiger partial charge in [-0.3, -0.25) is 4.90 Å². The number of benzene rings is 1. The number of hydrogen-bond acceptors (Lipinski definition) is 6. The number of thiophene rings is 1. The molecule has 9 heteroatoms. The molecule has 0 spiro atoms. The molecule has 176 valence electrons. The predicted octanol–water partition coefficient (Wildman–Crippen LogP) is 3.66. The summed E-state index contributed by atoms with van der Waals surface area (Å²) < 4.78 is 17.1. The first-order chi connectivity index (χ1) is 15.3. The van der Waals surface area contributed by atoms with Gasteiger partial charge >= 0.3 is 0 Å². The lowest BCUT2D eigenvalue weighted by atomic mass is 10.2. The van der Waals surface area contributed by atoms with Crippen molar-refractivity contribution >= 4 is 41.3 Å². The molecule has 2 aliphatic rings. The molecule has 3 heterocycles. The Labute approximate surface area is 211 Å². The molecule has 4 rings (SSSR count). The monoisotopic (exact) mass is 572 g/mol. The molecule has 1 aromatic carbocycles. The van der Waals surface area contributed by atoms with Crippen molar-refractivity contribution in [2.45, 2.75) is 25.9 Å². The molecule has 0 saturated carbocycles. The Balaban J connectivity index is 0.00000289. The van der Waals surface area contributed by atoms with Crippen LogP contribution in [0.3, 0.4) is 0 Å². The molecule has 0 bridgehead atoms. The predicted molar refractivity (Wildman–Crippen MR) is 140 cm³/mol. The second-order valence-corrected chi connectivity index (χ2v) is 8.57. The molecule has 0 radical (unpaired) electrons. The van der Waals surface area contributed by atoms with Crippen molar-refractivity contribution in [2.24, 2.45) is 4.99 Å². The summed E-state index contributed by atoms with van der Waals surface area (Å²) in [6.07, 6.45) is 0.908. The van der Waals surface area contributed by atoms with Gasteiger partial charge in [-0.2, -0.15) is 0 Å². The van der Waals surface area contributed by atoms with Crippen LogP contribution < -0.4 is 20.1 Å². The normalized spacial score (nSPS) is 17.7. The van der Waals surface area contributed by atoms with Crippen molar-refractivity contribution in [1.29, 1.82) is 0 Å². The minimum Gasteiger partial charge on any atom is -0.490 e. The van der Waals surface area contributed by atoms with Crippen LogP contribution in [0.5, 0.6) is 11.5 Å². The second kappa shape index (κ2) is 13.2. The standard InChI is InChI=1S/C23H32N4O3S.HI/c1-2-24-23(25-16-18-6-7-20-21(15-18)30-11-4-10-29-20)26-17-19(22-5-3-14-31-22)27-8-12-28-13-9-27;/h3,5-7,14-15,19H,2,4,8-13,16-17H2,1H3,(H2,24,25,26);1H. The highest BCUT2D eigenvalue weighted by atomic mass is 127. The van der Waals surface area contributed by atoms with Gasteiger partial charge in [0.2, 0.25) is 0 Å². The molecule has 0 amide bonds. The van der Waals surface area contributed by atoms with E-state index >= 15 is 0 Å². The summed E-state index contributed by atoms with van der Waals surface area (Å²) in [5.74, 6) is 2.46. The zero-order valence-electron chi connectivity index (χ0n) is 18.5. The van der Waals surface area contributed by atoms with E-state index in [1.165, 1.54) is 4.88 Å². The maximum Gasteiger partial charge on any atom is 0.191 e. The fourth-order valence-corrected chi connectivity index (χ4v) is 4.65. The zero-order chi connectivity index (χ0) is 21.3. The molecule has 32 heavy (non-hydrogen) atoms. The Bertz CT molecular complexity index is 844. The number of nitrogens with zero attached hydrogens (tertiary/aromatic N) is 2. The number of rotatable bonds is 7. The smallest absolute Gasteiger partial charge is 0.191 e. The third-order valence-corrected chi connectivity index (χ3v) is 6.37. The molecule has 7 nitrogen and oxygen atoms in total. The summed E-state index contributed by atoms with van der Waals surface area (Å²) in [6.45, 7) is 9.16. The van der Waals surface area contributed by atoms with E-state index in [0.717, 1.165) is 68.8 Å². The van der Waals surface area contributed by atoms with Gasteiger partial charge in [-0.1, -0.05) is 12.1 Å². The average molecular weight is 573 g/mol. The van der Waals surface area contributed by atoms with Gasteiger partial charge in [0.15, 0.2) is 17.5 Å². The van der Waals surface area contributed by atoms with Gasteiger partial charge in [0.1, 0.15) is 0 Å². The summed E-state index contributed by atoms with van der Waals surface area (Å²) in [5.41, 5.74) is 1.10. The first-order valence-corrected chi connectivity index (χ1v) is 12.0. The van der Waals surface area contributed by atoms with Crippen molar-refractivity contribution in [3.63, 3.8) is 0 Å². The number of hydrogen-bond donors (Lipinski definition) is 2. The van der Waals surface area contributed by atoms with Crippen LogP contribution in [0.1, 0.15) is 29.8 Å². The lowest BCUT2D eigenvalue weighted by Crippen LogP contribution is -2.46. The van der Waals surface area contributed by atoms with Gasteiger partial charge in [-0.05, 0) is 36.1 Å². The molecule has 1 saturated heterocycles. The first kappa shape index (κ1) is 25.1. The minimum atomic E-state index is 0. The lowest BCUT2D eigenvalue weighted by molar-refractivity contribution is 0.0177. The van der Waals surface area contributed by atoms with Gasteiger partial charge in [-0.15, -0.1) is 35.3 Å². The summed E-state index contributed by atoms with van der Waals surface area (Å²) in [5, 5.41) is 9.07. The van der Waals surface area contributed by atoms with Gasteiger partial charge in [-0.25, -0.2) is 4.99 Å². The molecule has 1 aromatic heterocycles. The van der Waals surface area contributed by atoms with E-state index < -0.39 is 0 Å². The van der Waals surface area contributed by atoms with Crippen LogP contribution in [-0.2, 0) is 11.3 Å². The number of fused-ring (bicyclic) bond motifs is 1. The Kier molecular flexibility index (Phi) is 10.4. The topological polar surface area (TPSA) is 67.4 Å². The van der Waals surface area contributed by atoms with Crippen molar-refractivity contribution in [1.82, 2.24) is 15.5 Å². The molecule has 2 N–H and O–H groups in total. The maximum absolute atomic E-state index is 5.81. The molecule has 1 unspecified atom stereocenters. The maximum atomic E-state index is 5.81. The molecular formula is C23H33IN4O3S. The van der Waals surface area contributed by atoms with Crippen LogP contribution in [0.15, 0.2) is 40.7 Å². The van der Waals surface area contributed by atoms with Crippen LogP contribution in [0.25, 0.3) is 0 Å². The fourth-order valence-electron chi connectivity index (χ4n) is 3.79. The second-order valence-electron chi connectivity index (χ2n) is 7.59. The van der Waals surface area contributed by atoms with E-state index in [4.69, 9.17) is 19.2 Å². The number of guanidine groups is 1. The summed E-state index contributed by atoms with van der Waals surface area (Å²) in [4.78, 5) is 8.68. The molecule has 1 fully saturated rings. The van der Waals surface area contributed by atoms with Crippen LogP contribution in [0.2, 0.25) is 0 Å². The van der Waals surface area contributed by atoms with E-state index in [9.17, 15) is 0 Å². The third-order valence-electron chi connectivity index (χ3n) is 5.40. The molecule has 2 aliphatic heterocycles. The van der Waals surface area contributed by atoms with Gasteiger partial charge in [0.05, 0.1) is 39.0 Å². The number of morpholine rings is 1. The van der Waals surface area contributed by atoms with Crippen molar-refractivity contribution in [3.8, 4) is 11.5 Å². The molecule has 0 aliphatic carbocycles. The van der Waals surface area contributed by atoms with E-state index in [-0.39, 0.29) is 24.0 Å². The van der Waals surface area contributed by atoms with Crippen molar-refractivity contribution in [2.75, 3.05) is 52.6 Å². The average Bonchev–Trinajstić information content (AvgIpc) is 3.23. The van der Waals surface area contributed by atoms with Crippen LogP contribution >= 0.6 is 35.3 Å². The largest absolute Gasteiger partial charge is 0.490 e. The number of aliphatic imine (C=N–C) groups is 1. The van der Waals surface area contributed by atoms with E-state index in [2.05, 4.69) is 46.0 Å². The van der Waals surface area contributed by atoms with Crippen molar-refractivity contribution < 1.29 is 14.2 Å². The number of halogens is 1. The van der Waals surface area contributed by atoms with Gasteiger partial charge < -0.3 is 24.8 Å². The van der Waals surface area contributed by atoms with E-state index in [1.807, 2.05) is 12.1 Å². The van der Waals surface area contributed by atoms with Crippen LogP contribution in [-0.4, -0.2) is 63.5 Å². The lowest BCUT2D eigenvalue weighted by Gasteiger charge is -2.34. The first-order valence-electron chi connectivity index (χ1n) is 11.1. The quantitative estimate of drug-likeness (QED) is 0.300. The summed E-state index contributed by atoms with van der Waals surface area (Å²) in [7, 11) is 0. The zero-order valence-corrected chi connectivity index (χ0v) is 21.7. The Hall–Kier alpha value is -1.56. The Morgan fingerprint density at radius 1 is 1.09 bits per heavy atom. The highest BCUT2D eigenvalue weighted by Gasteiger charge is 2.23. The summed E-state index contributed by atoms with van der Waals surface area (Å²) in [6, 6.07) is 10.7. The number of ether oxygens (including phenoxy) is 3. The van der Waals surface area contributed by atoms with E-state index in [1.54, 1.807) is 11.3 Å². The molecule has 2 aromatic rings. The highest BCUT2D eigenvalue weighted by Crippen LogP contribution is 2.30. The van der Waals surface area contributed by atoms with E-state index in [0.29, 0.717) is 25.8 Å². The SMILES string of the molecule is CCNC(=NCc1ccc2c(c1)OCCCO2)NCC(c1cccs1)N1CCOCC1.I. The molecule has 1 atom stereocenters. The Morgan fingerprint density at radius 3 is 2.66 bits per heavy atom. The Morgan fingerprint density at radius 2 is 1.91 bits per heavy atom. The third kappa shape index (κ3) is 6.97. The van der Waals surface area contributed by atoms with Gasteiger partial charge in [0.25, 0.3) is 0 Å². The highest BCUT2D eigenvalue weighted by molar-refractivity contribution is 14.0. The van der Waals surface area contributed by atoms with Gasteiger partial charge in [0, 0.05) is 37.5 Å². The summed E-state index contributed by atoms with van der Waals surface area (Å²) >= 11 is 1.81. The van der Waals surface area contributed by atoms with Crippen molar-refractivity contribution in [3.05, 3.63) is 46.2 Å². The number of nitrogens with one attached hydrogen (secondary N) is 2.